The third-order valence-electron chi connectivity index (χ3n) is 2.77. The van der Waals surface area contributed by atoms with Crippen LogP contribution in [0.2, 0.25) is 15.1 Å². The highest BCUT2D eigenvalue weighted by Gasteiger charge is 2.17. The maximum atomic E-state index is 6.47. The van der Waals surface area contributed by atoms with Gasteiger partial charge in [0.05, 0.1) is 17.0 Å². The predicted molar refractivity (Wildman–Crippen MR) is 86.8 cm³/mol. The second kappa shape index (κ2) is 6.91. The smallest absolute Gasteiger partial charge is 0.139 e. The van der Waals surface area contributed by atoms with Gasteiger partial charge in [-0.05, 0) is 36.2 Å². The normalized spacial score (nSPS) is 12.2. The summed E-state index contributed by atoms with van der Waals surface area (Å²) in [6, 6.07) is 10.7. The van der Waals surface area contributed by atoms with Crippen molar-refractivity contribution in [3.63, 3.8) is 0 Å². The van der Waals surface area contributed by atoms with Gasteiger partial charge in [0.25, 0.3) is 0 Å². The highest BCUT2D eigenvalue weighted by atomic mass is 35.5. The number of hydrogen-bond acceptors (Lipinski definition) is 1. The van der Waals surface area contributed by atoms with E-state index in [9.17, 15) is 0 Å². The molecule has 0 saturated carbocycles. The largest absolute Gasteiger partial charge is 0.492 e. The third-order valence-corrected chi connectivity index (χ3v) is 4.11. The Morgan fingerprint density at radius 3 is 2.45 bits per heavy atom. The molecule has 0 aliphatic rings. The Kier molecular flexibility index (Phi) is 5.45. The molecule has 0 heterocycles. The minimum absolute atomic E-state index is 0.422. The van der Waals surface area contributed by atoms with Crippen molar-refractivity contribution in [1.82, 2.24) is 0 Å². The maximum absolute atomic E-state index is 6.47. The van der Waals surface area contributed by atoms with E-state index in [1.54, 1.807) is 24.3 Å². The fourth-order valence-electron chi connectivity index (χ4n) is 1.85. The van der Waals surface area contributed by atoms with Gasteiger partial charge in [-0.15, -0.1) is 11.6 Å². The van der Waals surface area contributed by atoms with Gasteiger partial charge in [-0.25, -0.2) is 0 Å². The summed E-state index contributed by atoms with van der Waals surface area (Å²) in [6.07, 6.45) is 0. The summed E-state index contributed by atoms with van der Waals surface area (Å²) in [5.41, 5.74) is 1.59. The molecule has 1 unspecified atom stereocenters. The van der Waals surface area contributed by atoms with Crippen LogP contribution in [0.1, 0.15) is 23.4 Å². The summed E-state index contributed by atoms with van der Waals surface area (Å²) in [6.45, 7) is 2.41. The summed E-state index contributed by atoms with van der Waals surface area (Å²) in [5, 5.41) is 1.20. The van der Waals surface area contributed by atoms with Crippen LogP contribution in [0.15, 0.2) is 36.4 Å². The third kappa shape index (κ3) is 3.53. The van der Waals surface area contributed by atoms with Gasteiger partial charge >= 0.3 is 0 Å². The van der Waals surface area contributed by atoms with Gasteiger partial charge in [0.15, 0.2) is 0 Å². The van der Waals surface area contributed by atoms with E-state index >= 15 is 0 Å². The van der Waals surface area contributed by atoms with Crippen molar-refractivity contribution >= 4 is 46.4 Å². The average molecular weight is 350 g/mol. The van der Waals surface area contributed by atoms with Crippen molar-refractivity contribution in [1.29, 1.82) is 0 Å². The Morgan fingerprint density at radius 2 is 1.80 bits per heavy atom. The van der Waals surface area contributed by atoms with Crippen LogP contribution in [0, 0.1) is 0 Å². The molecular weight excluding hydrogens is 338 g/mol. The van der Waals surface area contributed by atoms with Crippen LogP contribution in [0.25, 0.3) is 0 Å². The van der Waals surface area contributed by atoms with Gasteiger partial charge in [0.1, 0.15) is 5.75 Å². The van der Waals surface area contributed by atoms with E-state index in [0.717, 1.165) is 11.1 Å². The topological polar surface area (TPSA) is 9.23 Å². The van der Waals surface area contributed by atoms with Gasteiger partial charge in [0, 0.05) is 16.1 Å². The van der Waals surface area contributed by atoms with Gasteiger partial charge in [0.2, 0.25) is 0 Å². The lowest BCUT2D eigenvalue weighted by atomic mass is 10.0. The van der Waals surface area contributed by atoms with E-state index in [0.29, 0.717) is 27.4 Å². The van der Waals surface area contributed by atoms with Gasteiger partial charge in [-0.1, -0.05) is 46.9 Å². The molecular formula is C15H12Cl4O. The minimum Gasteiger partial charge on any atom is -0.492 e. The second-order valence-corrected chi connectivity index (χ2v) is 5.84. The minimum atomic E-state index is -0.422. The molecule has 5 heteroatoms. The van der Waals surface area contributed by atoms with Crippen LogP contribution in [-0.4, -0.2) is 6.61 Å². The molecule has 0 amide bonds. The number of alkyl halides is 1. The lowest BCUT2D eigenvalue weighted by Gasteiger charge is -2.15. The first-order chi connectivity index (χ1) is 9.52. The van der Waals surface area contributed by atoms with Crippen LogP contribution >= 0.6 is 46.4 Å². The summed E-state index contributed by atoms with van der Waals surface area (Å²) in [4.78, 5) is 0. The van der Waals surface area contributed by atoms with E-state index in [1.807, 2.05) is 19.1 Å². The molecule has 0 N–H and O–H groups in total. The van der Waals surface area contributed by atoms with Crippen LogP contribution in [0.4, 0.5) is 0 Å². The molecule has 20 heavy (non-hydrogen) atoms. The zero-order valence-electron chi connectivity index (χ0n) is 10.7. The first-order valence-electron chi connectivity index (χ1n) is 6.04. The van der Waals surface area contributed by atoms with Crippen molar-refractivity contribution in [3.05, 3.63) is 62.6 Å². The zero-order chi connectivity index (χ0) is 14.7. The Bertz CT molecular complexity index is 613. The molecule has 0 bridgehead atoms. The second-order valence-electron chi connectivity index (χ2n) is 4.15. The monoisotopic (exact) mass is 348 g/mol. The first kappa shape index (κ1) is 15.8. The van der Waals surface area contributed by atoms with E-state index in [1.165, 1.54) is 0 Å². The summed E-state index contributed by atoms with van der Waals surface area (Å²) in [7, 11) is 0. The van der Waals surface area contributed by atoms with Crippen LogP contribution in [0.5, 0.6) is 5.75 Å². The molecule has 2 aromatic rings. The number of halogens is 4. The van der Waals surface area contributed by atoms with Gasteiger partial charge in [-0.2, -0.15) is 0 Å². The van der Waals surface area contributed by atoms with Gasteiger partial charge in [-0.3, -0.25) is 0 Å². The SMILES string of the molecule is CCOc1cc(Cl)c(C(Cl)c2cccc(Cl)c2)cc1Cl. The summed E-state index contributed by atoms with van der Waals surface area (Å²) >= 11 is 24.9. The van der Waals surface area contributed by atoms with Crippen molar-refractivity contribution < 1.29 is 4.74 Å². The Hall–Kier alpha value is -0.600. The molecule has 0 spiro atoms. The average Bonchev–Trinajstić information content (AvgIpc) is 2.42. The van der Waals surface area contributed by atoms with E-state index < -0.39 is 5.38 Å². The summed E-state index contributed by atoms with van der Waals surface area (Å²) < 4.78 is 5.40. The fourth-order valence-corrected chi connectivity index (χ4v) is 2.91. The molecule has 1 atom stereocenters. The highest BCUT2D eigenvalue weighted by Crippen LogP contribution is 2.39. The molecule has 2 rings (SSSR count). The van der Waals surface area contributed by atoms with E-state index in [-0.39, 0.29) is 0 Å². The first-order valence-corrected chi connectivity index (χ1v) is 7.61. The molecule has 2 aromatic carbocycles. The highest BCUT2D eigenvalue weighted by molar-refractivity contribution is 6.36. The quantitative estimate of drug-likeness (QED) is 0.582. The lowest BCUT2D eigenvalue weighted by molar-refractivity contribution is 0.340. The molecule has 0 aliphatic heterocycles. The Labute approximate surface area is 138 Å². The van der Waals surface area contributed by atoms with Crippen molar-refractivity contribution in [2.75, 3.05) is 6.61 Å². The Balaban J connectivity index is 2.40. The number of benzene rings is 2. The molecule has 0 fully saturated rings. The zero-order valence-corrected chi connectivity index (χ0v) is 13.7. The molecule has 0 saturated heterocycles. The van der Waals surface area contributed by atoms with Crippen molar-refractivity contribution in [2.24, 2.45) is 0 Å². The van der Waals surface area contributed by atoms with E-state index in [4.69, 9.17) is 51.1 Å². The molecule has 106 valence electrons. The predicted octanol–water partition coefficient (Wildman–Crippen LogP) is 6.37. The van der Waals surface area contributed by atoms with E-state index in [2.05, 4.69) is 0 Å². The Morgan fingerprint density at radius 1 is 1.05 bits per heavy atom. The molecule has 0 aromatic heterocycles. The number of hydrogen-bond donors (Lipinski definition) is 0. The number of ether oxygens (including phenoxy) is 1. The fraction of sp³-hybridized carbons (Fsp3) is 0.200. The van der Waals surface area contributed by atoms with Crippen LogP contribution in [-0.2, 0) is 0 Å². The van der Waals surface area contributed by atoms with Crippen molar-refractivity contribution in [2.45, 2.75) is 12.3 Å². The molecule has 0 aliphatic carbocycles. The summed E-state index contributed by atoms with van der Waals surface area (Å²) in [5.74, 6) is 0.554. The van der Waals surface area contributed by atoms with Gasteiger partial charge < -0.3 is 4.74 Å². The molecule has 1 nitrogen and oxygen atoms in total. The maximum Gasteiger partial charge on any atom is 0.139 e. The molecule has 0 radical (unpaired) electrons. The van der Waals surface area contributed by atoms with Crippen molar-refractivity contribution in [3.8, 4) is 5.75 Å². The number of rotatable bonds is 4. The standard InChI is InChI=1S/C15H12Cl4O/c1-2-20-14-8-12(17)11(7-13(14)18)15(19)9-4-3-5-10(16)6-9/h3-8,15H,2H2,1H3. The lowest BCUT2D eigenvalue weighted by Crippen LogP contribution is -1.98. The van der Waals surface area contributed by atoms with Crippen LogP contribution < -0.4 is 4.74 Å². The van der Waals surface area contributed by atoms with Crippen LogP contribution in [0.3, 0.4) is 0 Å².